The van der Waals surface area contributed by atoms with Crippen molar-refractivity contribution in [3.63, 3.8) is 0 Å². The molecule has 1 heteroatoms. The number of carbonyl (C=O) groups excluding carboxylic acids is 1. The van der Waals surface area contributed by atoms with Crippen LogP contribution in [-0.4, -0.2) is 5.78 Å². The Hall–Kier alpha value is -2.41. The Kier molecular flexibility index (Phi) is 6.02. The zero-order chi connectivity index (χ0) is 19.4. The van der Waals surface area contributed by atoms with Crippen molar-refractivity contribution in [2.24, 2.45) is 10.8 Å². The first-order valence-electron chi connectivity index (χ1n) is 9.18. The summed E-state index contributed by atoms with van der Waals surface area (Å²) in [6, 6.07) is 20.3. The molecule has 0 aromatic heterocycles. The maximum Gasteiger partial charge on any atom is 0.179 e. The summed E-state index contributed by atoms with van der Waals surface area (Å²) in [6.45, 7) is 12.9. The molecule has 2 rings (SSSR count). The second-order valence-electron chi connectivity index (χ2n) is 8.75. The van der Waals surface area contributed by atoms with Gasteiger partial charge < -0.3 is 0 Å². The monoisotopic (exact) mass is 346 g/mol. The third-order valence-corrected chi connectivity index (χ3v) is 4.36. The van der Waals surface area contributed by atoms with Crippen LogP contribution in [-0.2, 0) is 4.79 Å². The third-order valence-electron chi connectivity index (χ3n) is 4.36. The third kappa shape index (κ3) is 5.29. The molecule has 2 aromatic rings. The molecule has 0 aliphatic heterocycles. The van der Waals surface area contributed by atoms with Gasteiger partial charge in [-0.1, -0.05) is 102 Å². The highest BCUT2D eigenvalue weighted by Gasteiger charge is 2.22. The molecule has 0 saturated carbocycles. The van der Waals surface area contributed by atoms with E-state index in [9.17, 15) is 4.79 Å². The predicted molar refractivity (Wildman–Crippen MR) is 113 cm³/mol. The first-order valence-corrected chi connectivity index (χ1v) is 9.18. The molecule has 0 aliphatic rings. The molecule has 2 aromatic carbocycles. The summed E-state index contributed by atoms with van der Waals surface area (Å²) >= 11 is 0. The Morgan fingerprint density at radius 1 is 0.615 bits per heavy atom. The van der Waals surface area contributed by atoms with Gasteiger partial charge in [-0.2, -0.15) is 0 Å². The zero-order valence-electron chi connectivity index (χ0n) is 16.8. The smallest absolute Gasteiger partial charge is 0.179 e. The number of rotatable bonds is 4. The van der Waals surface area contributed by atoms with Crippen LogP contribution in [0, 0.1) is 10.8 Å². The van der Waals surface area contributed by atoms with Gasteiger partial charge in [0.2, 0.25) is 0 Å². The Morgan fingerprint density at radius 2 is 0.923 bits per heavy atom. The zero-order valence-corrected chi connectivity index (χ0v) is 16.8. The summed E-state index contributed by atoms with van der Waals surface area (Å²) in [6.07, 6.45) is 3.59. The minimum Gasteiger partial charge on any atom is -0.290 e. The lowest BCUT2D eigenvalue weighted by atomic mass is 9.79. The van der Waals surface area contributed by atoms with E-state index in [1.54, 1.807) is 12.2 Å². The van der Waals surface area contributed by atoms with Gasteiger partial charge in [0.25, 0.3) is 0 Å². The van der Waals surface area contributed by atoms with Crippen molar-refractivity contribution in [1.29, 1.82) is 0 Å². The molecule has 0 bridgehead atoms. The van der Waals surface area contributed by atoms with E-state index in [1.807, 2.05) is 36.4 Å². The lowest BCUT2D eigenvalue weighted by molar-refractivity contribution is -0.110. The highest BCUT2D eigenvalue weighted by atomic mass is 16.1. The number of allylic oxidation sites excluding steroid dienone is 4. The van der Waals surface area contributed by atoms with Gasteiger partial charge >= 0.3 is 0 Å². The highest BCUT2D eigenvalue weighted by molar-refractivity contribution is 6.08. The van der Waals surface area contributed by atoms with E-state index in [0.717, 1.165) is 22.3 Å². The molecule has 0 fully saturated rings. The van der Waals surface area contributed by atoms with Crippen LogP contribution in [0.3, 0.4) is 0 Å². The fourth-order valence-electron chi connectivity index (χ4n) is 3.03. The van der Waals surface area contributed by atoms with Crippen LogP contribution >= 0.6 is 0 Å². The Morgan fingerprint density at radius 3 is 1.19 bits per heavy atom. The van der Waals surface area contributed by atoms with Crippen LogP contribution < -0.4 is 0 Å². The van der Waals surface area contributed by atoms with E-state index in [-0.39, 0.29) is 16.6 Å². The summed E-state index contributed by atoms with van der Waals surface area (Å²) in [5.41, 5.74) is 4.08. The molecule has 0 spiro atoms. The Balaban J connectivity index is 2.50. The molecule has 1 nitrogen and oxygen atoms in total. The van der Waals surface area contributed by atoms with Crippen molar-refractivity contribution in [1.82, 2.24) is 0 Å². The summed E-state index contributed by atoms with van der Waals surface area (Å²) in [7, 11) is 0. The van der Waals surface area contributed by atoms with Gasteiger partial charge in [0.05, 0.1) is 0 Å². The molecule has 0 N–H and O–H groups in total. The van der Waals surface area contributed by atoms with E-state index < -0.39 is 0 Å². The van der Waals surface area contributed by atoms with E-state index >= 15 is 0 Å². The normalized spacial score (nSPS) is 13.6. The van der Waals surface area contributed by atoms with Crippen molar-refractivity contribution in [3.05, 3.63) is 83.9 Å². The average molecular weight is 347 g/mol. The minimum atomic E-state index is -0.112. The maximum absolute atomic E-state index is 13.0. The van der Waals surface area contributed by atoms with Gasteiger partial charge in [0.1, 0.15) is 0 Å². The second kappa shape index (κ2) is 7.86. The second-order valence-corrected chi connectivity index (χ2v) is 8.75. The topological polar surface area (TPSA) is 17.1 Å². The van der Waals surface area contributed by atoms with E-state index in [1.165, 1.54) is 0 Å². The predicted octanol–water partition coefficient (Wildman–Crippen LogP) is 6.81. The first-order chi connectivity index (χ1) is 12.1. The van der Waals surface area contributed by atoms with Crippen molar-refractivity contribution >= 4 is 16.9 Å². The Labute approximate surface area is 158 Å². The average Bonchev–Trinajstić information content (AvgIpc) is 2.57. The van der Waals surface area contributed by atoms with Gasteiger partial charge in [-0.3, -0.25) is 4.79 Å². The van der Waals surface area contributed by atoms with Gasteiger partial charge in [0, 0.05) is 0 Å². The van der Waals surface area contributed by atoms with Crippen molar-refractivity contribution < 1.29 is 4.79 Å². The number of hydrogen-bond donors (Lipinski definition) is 0. The maximum atomic E-state index is 13.0. The summed E-state index contributed by atoms with van der Waals surface area (Å²) in [5, 5.41) is 0. The Bertz CT molecular complexity index is 725. The van der Waals surface area contributed by atoms with Gasteiger partial charge in [-0.15, -0.1) is 0 Å². The van der Waals surface area contributed by atoms with Crippen LogP contribution in [0.15, 0.2) is 72.8 Å². The standard InChI is InChI=1S/C25H30O/c1-24(2,3)22(19-13-9-7-10-14-19)17-21(26)18-23(25(4,5)6)20-15-11-8-12-16-20/h7-18H,1-6H3. The largest absolute Gasteiger partial charge is 0.290 e. The van der Waals surface area contributed by atoms with Crippen LogP contribution in [0.4, 0.5) is 0 Å². The van der Waals surface area contributed by atoms with E-state index in [2.05, 4.69) is 65.8 Å². The van der Waals surface area contributed by atoms with Gasteiger partial charge in [-0.05, 0) is 45.3 Å². The van der Waals surface area contributed by atoms with Crippen molar-refractivity contribution in [2.45, 2.75) is 41.5 Å². The fourth-order valence-corrected chi connectivity index (χ4v) is 3.03. The van der Waals surface area contributed by atoms with Crippen molar-refractivity contribution in [3.8, 4) is 0 Å². The molecule has 0 heterocycles. The first kappa shape index (κ1) is 19.9. The summed E-state index contributed by atoms with van der Waals surface area (Å²) in [4.78, 5) is 13.0. The van der Waals surface area contributed by atoms with Gasteiger partial charge in [-0.25, -0.2) is 0 Å². The molecular formula is C25H30O. The quantitative estimate of drug-likeness (QED) is 0.555. The van der Waals surface area contributed by atoms with E-state index in [0.29, 0.717) is 0 Å². The number of carbonyl (C=O) groups is 1. The van der Waals surface area contributed by atoms with Crippen LogP contribution in [0.25, 0.3) is 11.1 Å². The summed E-state index contributed by atoms with van der Waals surface area (Å²) < 4.78 is 0. The molecule has 0 saturated heterocycles. The molecule has 26 heavy (non-hydrogen) atoms. The van der Waals surface area contributed by atoms with Crippen molar-refractivity contribution in [2.75, 3.05) is 0 Å². The number of ketones is 1. The van der Waals surface area contributed by atoms with Crippen LogP contribution in [0.2, 0.25) is 0 Å². The summed E-state index contributed by atoms with van der Waals surface area (Å²) in [5.74, 6) is 0.0348. The molecule has 0 unspecified atom stereocenters. The van der Waals surface area contributed by atoms with Gasteiger partial charge in [0.15, 0.2) is 5.78 Å². The van der Waals surface area contributed by atoms with E-state index in [4.69, 9.17) is 0 Å². The molecule has 0 radical (unpaired) electrons. The fraction of sp³-hybridized carbons (Fsp3) is 0.320. The number of hydrogen-bond acceptors (Lipinski definition) is 1. The molecule has 136 valence electrons. The molecule has 0 atom stereocenters. The highest BCUT2D eigenvalue weighted by Crippen LogP contribution is 2.36. The number of benzene rings is 2. The molecule has 0 amide bonds. The lowest BCUT2D eigenvalue weighted by Crippen LogP contribution is -2.12. The SMILES string of the molecule is CC(C)(C)C(=CC(=O)C=C(c1ccccc1)C(C)(C)C)c1ccccc1. The molecular weight excluding hydrogens is 316 g/mol. The minimum absolute atomic E-state index is 0.0348. The molecule has 0 aliphatic carbocycles. The van der Waals surface area contributed by atoms with Crippen LogP contribution in [0.5, 0.6) is 0 Å². The lowest BCUT2D eigenvalue weighted by Gasteiger charge is -2.25. The van der Waals surface area contributed by atoms with Crippen LogP contribution in [0.1, 0.15) is 52.7 Å².